The van der Waals surface area contributed by atoms with Crippen molar-refractivity contribution in [3.63, 3.8) is 0 Å². The highest BCUT2D eigenvalue weighted by molar-refractivity contribution is 7.90. The molecule has 0 fully saturated rings. The third-order valence-electron chi connectivity index (χ3n) is 2.64. The lowest BCUT2D eigenvalue weighted by atomic mass is 10.2. The molecule has 1 aromatic carbocycles. The Balaban J connectivity index is 2.52. The highest BCUT2D eigenvalue weighted by atomic mass is 32.2. The van der Waals surface area contributed by atoms with Crippen molar-refractivity contribution in [1.29, 1.82) is 0 Å². The molecule has 0 atom stereocenters. The van der Waals surface area contributed by atoms with Gasteiger partial charge >= 0.3 is 0 Å². The first-order valence-electron chi connectivity index (χ1n) is 7.00. The van der Waals surface area contributed by atoms with Crippen LogP contribution in [0.4, 0.5) is 5.69 Å². The first kappa shape index (κ1) is 16.9. The average Bonchev–Trinajstić information content (AvgIpc) is 2.39. The Morgan fingerprint density at radius 3 is 2.35 bits per heavy atom. The summed E-state index contributed by atoms with van der Waals surface area (Å²) >= 11 is 0. The lowest BCUT2D eigenvalue weighted by Crippen LogP contribution is -2.32. The van der Waals surface area contributed by atoms with Crippen molar-refractivity contribution < 1.29 is 8.42 Å². The molecular weight excluding hydrogens is 274 g/mol. The van der Waals surface area contributed by atoms with Crippen molar-refractivity contribution in [3.05, 3.63) is 29.8 Å². The maximum absolute atomic E-state index is 11.8. The van der Waals surface area contributed by atoms with Crippen LogP contribution in [0.25, 0.3) is 0 Å². The molecule has 0 bridgehead atoms. The van der Waals surface area contributed by atoms with Gasteiger partial charge in [0.1, 0.15) is 0 Å². The average molecular weight is 299 g/mol. The van der Waals surface area contributed by atoms with Crippen molar-refractivity contribution in [2.24, 2.45) is 5.92 Å². The van der Waals surface area contributed by atoms with Crippen LogP contribution in [0.2, 0.25) is 0 Å². The van der Waals surface area contributed by atoms with Crippen LogP contribution in [0, 0.1) is 5.92 Å². The zero-order valence-electron chi connectivity index (χ0n) is 12.4. The van der Waals surface area contributed by atoms with Crippen molar-refractivity contribution >= 4 is 15.9 Å². The number of benzene rings is 1. The molecule has 0 saturated heterocycles. The van der Waals surface area contributed by atoms with Crippen molar-refractivity contribution in [3.8, 4) is 0 Å². The van der Waals surface area contributed by atoms with E-state index >= 15 is 0 Å². The molecule has 0 radical (unpaired) electrons. The molecule has 114 valence electrons. The second-order valence-corrected chi connectivity index (χ2v) is 6.72. The van der Waals surface area contributed by atoms with Crippen LogP contribution in [0.5, 0.6) is 0 Å². The molecule has 0 aliphatic heterocycles. The molecule has 1 rings (SSSR count). The molecule has 0 aliphatic rings. The Bertz CT molecular complexity index is 484. The Morgan fingerprint density at radius 2 is 1.80 bits per heavy atom. The Hall–Kier alpha value is -1.11. The highest BCUT2D eigenvalue weighted by Crippen LogP contribution is 2.10. The highest BCUT2D eigenvalue weighted by Gasteiger charge is 2.09. The van der Waals surface area contributed by atoms with E-state index in [4.69, 9.17) is 0 Å². The van der Waals surface area contributed by atoms with Gasteiger partial charge in [0, 0.05) is 18.8 Å². The summed E-state index contributed by atoms with van der Waals surface area (Å²) in [6, 6.07) is 7.39. The number of hydrogen-bond acceptors (Lipinski definition) is 3. The second-order valence-electron chi connectivity index (χ2n) is 5.22. The number of nitrogens with one attached hydrogen (secondary N) is 3. The van der Waals surface area contributed by atoms with E-state index in [1.165, 1.54) is 0 Å². The molecule has 0 amide bonds. The van der Waals surface area contributed by atoms with Gasteiger partial charge in [0.05, 0.1) is 0 Å². The topological polar surface area (TPSA) is 70.2 Å². The smallest absolute Gasteiger partial charge is 0.299 e. The summed E-state index contributed by atoms with van der Waals surface area (Å²) in [5.74, 6) is 0.276. The van der Waals surface area contributed by atoms with Gasteiger partial charge in [0.15, 0.2) is 0 Å². The van der Waals surface area contributed by atoms with Crippen LogP contribution in [-0.4, -0.2) is 21.5 Å². The van der Waals surface area contributed by atoms with E-state index in [-0.39, 0.29) is 5.92 Å². The van der Waals surface area contributed by atoms with E-state index in [1.807, 2.05) is 26.0 Å². The fourth-order valence-corrected chi connectivity index (χ4v) is 2.64. The Kier molecular flexibility index (Phi) is 6.98. The standard InChI is InChI=1S/C14H25N3O2S/c1-4-9-15-11-13-5-7-14(8-6-13)17-20(18,19)16-10-12(2)3/h5-8,12,15-17H,4,9-11H2,1-3H3. The van der Waals surface area contributed by atoms with Crippen molar-refractivity contribution in [2.45, 2.75) is 33.7 Å². The van der Waals surface area contributed by atoms with Gasteiger partial charge in [0.2, 0.25) is 0 Å². The van der Waals surface area contributed by atoms with E-state index in [9.17, 15) is 8.42 Å². The summed E-state index contributed by atoms with van der Waals surface area (Å²) < 4.78 is 28.6. The van der Waals surface area contributed by atoms with E-state index in [2.05, 4.69) is 21.7 Å². The first-order valence-corrected chi connectivity index (χ1v) is 8.48. The van der Waals surface area contributed by atoms with Crippen molar-refractivity contribution in [1.82, 2.24) is 10.0 Å². The molecule has 0 heterocycles. The van der Waals surface area contributed by atoms with Gasteiger partial charge in [-0.25, -0.2) is 0 Å². The van der Waals surface area contributed by atoms with E-state index < -0.39 is 10.2 Å². The predicted molar refractivity (Wildman–Crippen MR) is 83.8 cm³/mol. The minimum absolute atomic E-state index is 0.276. The van der Waals surface area contributed by atoms with Crippen LogP contribution < -0.4 is 14.8 Å². The van der Waals surface area contributed by atoms with Crippen LogP contribution in [0.15, 0.2) is 24.3 Å². The number of rotatable bonds is 9. The van der Waals surface area contributed by atoms with Crippen LogP contribution in [0.1, 0.15) is 32.8 Å². The van der Waals surface area contributed by atoms with Gasteiger partial charge in [-0.15, -0.1) is 0 Å². The molecule has 3 N–H and O–H groups in total. The Morgan fingerprint density at radius 1 is 1.15 bits per heavy atom. The van der Waals surface area contributed by atoms with Crippen LogP contribution in [-0.2, 0) is 16.8 Å². The lowest BCUT2D eigenvalue weighted by molar-refractivity contribution is 0.565. The molecule has 0 saturated carbocycles. The quantitative estimate of drug-likeness (QED) is 0.612. The largest absolute Gasteiger partial charge is 0.313 e. The summed E-state index contributed by atoms with van der Waals surface area (Å²) in [6.07, 6.45) is 1.10. The summed E-state index contributed by atoms with van der Waals surface area (Å²) in [6.45, 7) is 8.24. The summed E-state index contributed by atoms with van der Waals surface area (Å²) in [7, 11) is -3.48. The summed E-state index contributed by atoms with van der Waals surface area (Å²) in [5, 5.41) is 3.30. The van der Waals surface area contributed by atoms with Crippen LogP contribution >= 0.6 is 0 Å². The van der Waals surface area contributed by atoms with E-state index in [0.29, 0.717) is 12.2 Å². The minimum Gasteiger partial charge on any atom is -0.313 e. The fraction of sp³-hybridized carbons (Fsp3) is 0.571. The summed E-state index contributed by atoms with van der Waals surface area (Å²) in [4.78, 5) is 0. The van der Waals surface area contributed by atoms with Crippen LogP contribution in [0.3, 0.4) is 0 Å². The van der Waals surface area contributed by atoms with Gasteiger partial charge < -0.3 is 5.32 Å². The fourth-order valence-electron chi connectivity index (χ4n) is 1.57. The van der Waals surface area contributed by atoms with Gasteiger partial charge in [-0.3, -0.25) is 4.72 Å². The summed E-state index contributed by atoms with van der Waals surface area (Å²) in [5.41, 5.74) is 1.71. The van der Waals surface area contributed by atoms with Gasteiger partial charge in [-0.2, -0.15) is 13.1 Å². The molecular formula is C14H25N3O2S. The molecule has 20 heavy (non-hydrogen) atoms. The van der Waals surface area contributed by atoms with Gasteiger partial charge in [0.25, 0.3) is 10.2 Å². The lowest BCUT2D eigenvalue weighted by Gasteiger charge is -2.11. The molecule has 0 aromatic heterocycles. The minimum atomic E-state index is -3.48. The first-order chi connectivity index (χ1) is 9.43. The molecule has 0 aliphatic carbocycles. The maximum Gasteiger partial charge on any atom is 0.299 e. The normalized spacial score (nSPS) is 11.8. The SMILES string of the molecule is CCCNCc1ccc(NS(=O)(=O)NCC(C)C)cc1. The van der Waals surface area contributed by atoms with Gasteiger partial charge in [-0.05, 0) is 36.6 Å². The van der Waals surface area contributed by atoms with Crippen molar-refractivity contribution in [2.75, 3.05) is 17.8 Å². The third kappa shape index (κ3) is 6.88. The zero-order valence-corrected chi connectivity index (χ0v) is 13.3. The molecule has 0 unspecified atom stereocenters. The molecule has 5 nitrogen and oxygen atoms in total. The van der Waals surface area contributed by atoms with Gasteiger partial charge in [-0.1, -0.05) is 32.9 Å². The molecule has 6 heteroatoms. The number of anilines is 1. The molecule has 0 spiro atoms. The monoisotopic (exact) mass is 299 g/mol. The zero-order chi connectivity index (χ0) is 15.0. The third-order valence-corrected chi connectivity index (χ3v) is 3.69. The van der Waals surface area contributed by atoms with E-state index in [1.54, 1.807) is 12.1 Å². The predicted octanol–water partition coefficient (Wildman–Crippen LogP) is 2.09. The Labute approximate surface area is 122 Å². The number of hydrogen-bond donors (Lipinski definition) is 3. The second kappa shape index (κ2) is 8.24. The maximum atomic E-state index is 11.8. The molecule has 1 aromatic rings. The van der Waals surface area contributed by atoms with E-state index in [0.717, 1.165) is 25.1 Å².